The molecule has 7 rings (SSSR count). The standard InChI is InChI=1S/C52H52N2O6/c1-3-18-43(53-59-51(35-20-9-5-10-21-35)36-22-11-6-12-23-36)49-45(55)31-41(32-46(49)56)39-28-17-29-40(30-39)42-33-47(57)50(48(58)34-42)44(19-4-2)54-60-52(37-24-13-7-14-25-37)38-26-15-8-16-27-38/h5-17,20-30,41-42,51-52,55,57H,3-4,18-19,31-34H2,1-2H3/b53-43+,54-44+. The summed E-state index contributed by atoms with van der Waals surface area (Å²) >= 11 is 0. The van der Waals surface area contributed by atoms with E-state index in [9.17, 15) is 19.8 Å². The monoisotopic (exact) mass is 800 g/mol. The van der Waals surface area contributed by atoms with Crippen LogP contribution in [0.15, 0.2) is 179 Å². The van der Waals surface area contributed by atoms with Gasteiger partial charge in [0.25, 0.3) is 0 Å². The molecule has 0 aromatic heterocycles. The van der Waals surface area contributed by atoms with Crippen molar-refractivity contribution in [3.8, 4) is 0 Å². The van der Waals surface area contributed by atoms with Crippen molar-refractivity contribution in [1.82, 2.24) is 0 Å². The summed E-state index contributed by atoms with van der Waals surface area (Å²) < 4.78 is 0. The first-order valence-electron chi connectivity index (χ1n) is 21.0. The van der Waals surface area contributed by atoms with E-state index >= 15 is 0 Å². The van der Waals surface area contributed by atoms with Gasteiger partial charge < -0.3 is 19.9 Å². The molecule has 8 nitrogen and oxygen atoms in total. The Balaban J connectivity index is 1.09. The van der Waals surface area contributed by atoms with Gasteiger partial charge in [0.2, 0.25) is 0 Å². The van der Waals surface area contributed by atoms with Crippen LogP contribution in [0.5, 0.6) is 0 Å². The lowest BCUT2D eigenvalue weighted by atomic mass is 9.77. The van der Waals surface area contributed by atoms with Crippen LogP contribution in [0.3, 0.4) is 0 Å². The maximum atomic E-state index is 13.9. The SMILES string of the molecule is CCC/C(=N\OC(c1ccccc1)c1ccccc1)C1=C(O)CC(c2cccc(C3CC(=O)C(/C(CCC)=N/OC(c4ccccc4)c4ccccc4)=C(O)C3)c2)CC1=O. The molecule has 2 N–H and O–H groups in total. The number of carbonyl (C=O) groups is 2. The summed E-state index contributed by atoms with van der Waals surface area (Å²) in [7, 11) is 0. The second kappa shape index (κ2) is 19.9. The largest absolute Gasteiger partial charge is 0.511 e. The Kier molecular flexibility index (Phi) is 13.8. The highest BCUT2D eigenvalue weighted by atomic mass is 16.6. The molecule has 0 saturated carbocycles. The Hall–Kier alpha value is -6.54. The lowest BCUT2D eigenvalue weighted by molar-refractivity contribution is -0.117. The van der Waals surface area contributed by atoms with E-state index in [2.05, 4.69) is 10.3 Å². The Morgan fingerprint density at radius 1 is 0.517 bits per heavy atom. The summed E-state index contributed by atoms with van der Waals surface area (Å²) in [5.74, 6) is -0.922. The van der Waals surface area contributed by atoms with Crippen LogP contribution in [0.25, 0.3) is 0 Å². The molecule has 0 spiro atoms. The summed E-state index contributed by atoms with van der Waals surface area (Å²) in [5, 5.41) is 32.1. The van der Waals surface area contributed by atoms with Gasteiger partial charge in [-0.1, -0.05) is 183 Å². The number of aliphatic hydroxyl groups is 2. The number of rotatable bonds is 16. The van der Waals surface area contributed by atoms with E-state index in [1.807, 2.05) is 159 Å². The molecule has 5 aromatic carbocycles. The first-order chi connectivity index (χ1) is 29.3. The summed E-state index contributed by atoms with van der Waals surface area (Å²) in [6, 6.07) is 47.1. The van der Waals surface area contributed by atoms with Crippen molar-refractivity contribution in [3.63, 3.8) is 0 Å². The minimum atomic E-state index is -0.487. The van der Waals surface area contributed by atoms with Crippen LogP contribution in [0.2, 0.25) is 0 Å². The average Bonchev–Trinajstić information content (AvgIpc) is 3.27. The summed E-state index contributed by atoms with van der Waals surface area (Å²) in [5.41, 5.74) is 6.83. The van der Waals surface area contributed by atoms with Gasteiger partial charge in [0.05, 0.1) is 22.6 Å². The molecule has 60 heavy (non-hydrogen) atoms. The molecule has 306 valence electrons. The zero-order chi connectivity index (χ0) is 41.8. The third-order valence-electron chi connectivity index (χ3n) is 11.2. The van der Waals surface area contributed by atoms with Crippen LogP contribution in [0.4, 0.5) is 0 Å². The zero-order valence-electron chi connectivity index (χ0n) is 34.2. The highest BCUT2D eigenvalue weighted by Crippen LogP contribution is 2.40. The van der Waals surface area contributed by atoms with E-state index in [1.54, 1.807) is 0 Å². The molecule has 0 radical (unpaired) electrons. The lowest BCUT2D eigenvalue weighted by Crippen LogP contribution is -2.25. The molecule has 2 atom stereocenters. The van der Waals surface area contributed by atoms with Gasteiger partial charge in [0.15, 0.2) is 23.8 Å². The lowest BCUT2D eigenvalue weighted by Gasteiger charge is -2.27. The number of oxime groups is 2. The number of hydrogen-bond acceptors (Lipinski definition) is 8. The van der Waals surface area contributed by atoms with Crippen LogP contribution in [-0.2, 0) is 19.3 Å². The molecule has 0 fully saturated rings. The van der Waals surface area contributed by atoms with Crippen LogP contribution >= 0.6 is 0 Å². The third kappa shape index (κ3) is 9.83. The molecular weight excluding hydrogens is 749 g/mol. The molecule has 2 aliphatic carbocycles. The molecular formula is C52H52N2O6. The number of allylic oxidation sites excluding steroid dienone is 4. The zero-order valence-corrected chi connectivity index (χ0v) is 34.2. The fourth-order valence-electron chi connectivity index (χ4n) is 8.26. The molecule has 0 saturated heterocycles. The van der Waals surface area contributed by atoms with Gasteiger partial charge in [-0.2, -0.15) is 0 Å². The minimum absolute atomic E-state index is 0.00165. The van der Waals surface area contributed by atoms with Crippen molar-refractivity contribution in [2.75, 3.05) is 0 Å². The topological polar surface area (TPSA) is 118 Å². The van der Waals surface area contributed by atoms with Crippen molar-refractivity contribution in [1.29, 1.82) is 0 Å². The van der Waals surface area contributed by atoms with Crippen molar-refractivity contribution >= 4 is 23.0 Å². The smallest absolute Gasteiger partial charge is 0.177 e. The number of ketones is 2. The fourth-order valence-corrected chi connectivity index (χ4v) is 8.26. The normalized spacial score (nSPS) is 17.7. The van der Waals surface area contributed by atoms with Crippen molar-refractivity contribution in [2.24, 2.45) is 10.3 Å². The number of Topliss-reactive ketones (excluding diaryl/α,β-unsaturated/α-hetero) is 2. The van der Waals surface area contributed by atoms with E-state index in [-0.39, 0.29) is 71.8 Å². The van der Waals surface area contributed by atoms with Gasteiger partial charge in [0, 0.05) is 25.7 Å². The van der Waals surface area contributed by atoms with E-state index in [0.29, 0.717) is 37.1 Å². The summed E-state index contributed by atoms with van der Waals surface area (Å²) in [6.07, 6.45) is 2.28. The number of carbonyl (C=O) groups excluding carboxylic acids is 2. The molecule has 0 bridgehead atoms. The van der Waals surface area contributed by atoms with Gasteiger partial charge in [-0.05, 0) is 58.1 Å². The summed E-state index contributed by atoms with van der Waals surface area (Å²) in [4.78, 5) is 40.2. The number of benzene rings is 5. The highest BCUT2D eigenvalue weighted by molar-refractivity contribution is 6.23. The second-order valence-corrected chi connectivity index (χ2v) is 15.6. The Bertz CT molecular complexity index is 2130. The quantitative estimate of drug-likeness (QED) is 0.0758. The molecule has 8 heteroatoms. The fraction of sp³-hybridized carbons (Fsp3) is 0.269. The Labute approximate surface area is 352 Å². The van der Waals surface area contributed by atoms with Crippen LogP contribution in [-0.4, -0.2) is 33.2 Å². The second-order valence-electron chi connectivity index (χ2n) is 15.6. The van der Waals surface area contributed by atoms with Crippen molar-refractivity contribution in [2.45, 2.75) is 89.3 Å². The van der Waals surface area contributed by atoms with Gasteiger partial charge >= 0.3 is 0 Å². The van der Waals surface area contributed by atoms with Crippen LogP contribution < -0.4 is 0 Å². The van der Waals surface area contributed by atoms with Gasteiger partial charge in [0.1, 0.15) is 11.5 Å². The van der Waals surface area contributed by atoms with Crippen LogP contribution in [0.1, 0.15) is 123 Å². The van der Waals surface area contributed by atoms with E-state index in [4.69, 9.17) is 9.68 Å². The predicted octanol–water partition coefficient (Wildman–Crippen LogP) is 12.1. The Morgan fingerprint density at radius 3 is 1.15 bits per heavy atom. The van der Waals surface area contributed by atoms with Gasteiger partial charge in [-0.3, -0.25) is 9.59 Å². The van der Waals surface area contributed by atoms with E-state index in [0.717, 1.165) is 33.4 Å². The first kappa shape index (κ1) is 41.6. The maximum absolute atomic E-state index is 13.9. The van der Waals surface area contributed by atoms with Crippen molar-refractivity contribution < 1.29 is 29.5 Å². The molecule has 0 heterocycles. The third-order valence-corrected chi connectivity index (χ3v) is 11.2. The molecule has 0 amide bonds. The number of nitrogens with zero attached hydrogens (tertiary/aromatic N) is 2. The Morgan fingerprint density at radius 2 is 0.850 bits per heavy atom. The van der Waals surface area contributed by atoms with Gasteiger partial charge in [-0.15, -0.1) is 0 Å². The molecule has 2 aliphatic rings. The predicted molar refractivity (Wildman–Crippen MR) is 236 cm³/mol. The number of aliphatic hydroxyl groups excluding tert-OH is 2. The highest BCUT2D eigenvalue weighted by Gasteiger charge is 2.35. The molecule has 2 unspecified atom stereocenters. The van der Waals surface area contributed by atoms with Gasteiger partial charge in [-0.25, -0.2) is 0 Å². The minimum Gasteiger partial charge on any atom is -0.511 e. The van der Waals surface area contributed by atoms with Crippen LogP contribution in [0, 0.1) is 0 Å². The van der Waals surface area contributed by atoms with E-state index in [1.165, 1.54) is 0 Å². The van der Waals surface area contributed by atoms with E-state index < -0.39 is 12.2 Å². The molecule has 5 aromatic rings. The maximum Gasteiger partial charge on any atom is 0.177 e. The molecule has 0 aliphatic heterocycles. The number of hydrogen-bond donors (Lipinski definition) is 2. The van der Waals surface area contributed by atoms with Crippen molar-refractivity contribution in [3.05, 3.63) is 202 Å². The average molecular weight is 801 g/mol. The summed E-state index contributed by atoms with van der Waals surface area (Å²) in [6.45, 7) is 4.01. The first-order valence-corrected chi connectivity index (χ1v) is 21.0.